The van der Waals surface area contributed by atoms with Crippen LogP contribution in [0.1, 0.15) is 29.8 Å². The van der Waals surface area contributed by atoms with Gasteiger partial charge in [-0.25, -0.2) is 4.79 Å². The molecule has 0 saturated carbocycles. The number of benzene rings is 2. The summed E-state index contributed by atoms with van der Waals surface area (Å²) in [5, 5.41) is 3.26. The predicted octanol–water partition coefficient (Wildman–Crippen LogP) is 4.24. The summed E-state index contributed by atoms with van der Waals surface area (Å²) in [5.74, 6) is -0.0615. The Morgan fingerprint density at radius 1 is 1.00 bits per heavy atom. The average molecular weight is 392 g/mol. The van der Waals surface area contributed by atoms with Crippen LogP contribution in [0.3, 0.4) is 0 Å². The maximum absolute atomic E-state index is 12.2. The average Bonchev–Trinajstić information content (AvgIpc) is 2.64. The molecular weight excluding hydrogens is 370 g/mol. The Bertz CT molecular complexity index is 822. The van der Waals surface area contributed by atoms with Gasteiger partial charge in [-0.1, -0.05) is 11.6 Å². The van der Waals surface area contributed by atoms with Gasteiger partial charge in [-0.2, -0.15) is 0 Å². The second kappa shape index (κ2) is 9.83. The van der Waals surface area contributed by atoms with Crippen molar-refractivity contribution in [1.82, 2.24) is 0 Å². The molecule has 0 aromatic heterocycles. The molecule has 27 heavy (non-hydrogen) atoms. The molecule has 0 atom stereocenters. The third-order valence-electron chi connectivity index (χ3n) is 3.58. The first kappa shape index (κ1) is 20.6. The highest BCUT2D eigenvalue weighted by atomic mass is 35.5. The number of rotatable bonds is 8. The Labute approximate surface area is 163 Å². The number of carbonyl (C=O) groups excluding carboxylic acids is 2. The van der Waals surface area contributed by atoms with E-state index in [1.165, 1.54) is 6.07 Å². The van der Waals surface area contributed by atoms with Gasteiger partial charge in [0.25, 0.3) is 5.91 Å². The van der Waals surface area contributed by atoms with Gasteiger partial charge in [0.1, 0.15) is 0 Å². The van der Waals surface area contributed by atoms with Crippen LogP contribution in [0.4, 0.5) is 5.69 Å². The van der Waals surface area contributed by atoms with Crippen molar-refractivity contribution in [2.75, 3.05) is 25.1 Å². The molecule has 144 valence electrons. The van der Waals surface area contributed by atoms with Gasteiger partial charge in [-0.15, -0.1) is 0 Å². The summed E-state index contributed by atoms with van der Waals surface area (Å²) in [4.78, 5) is 24.3. The quantitative estimate of drug-likeness (QED) is 0.681. The number of ether oxygens (including phenoxy) is 3. The first-order valence-electron chi connectivity index (χ1n) is 8.57. The van der Waals surface area contributed by atoms with E-state index in [0.717, 1.165) is 5.56 Å². The van der Waals surface area contributed by atoms with Crippen molar-refractivity contribution in [3.8, 4) is 11.5 Å². The van der Waals surface area contributed by atoms with E-state index in [-0.39, 0.29) is 5.56 Å². The van der Waals surface area contributed by atoms with Crippen LogP contribution in [0.15, 0.2) is 36.4 Å². The zero-order valence-corrected chi connectivity index (χ0v) is 16.3. The standard InChI is InChI=1S/C20H22ClNO5/c1-4-25-17-9-6-14(11-18(17)26-5-2)20(24)27-12-19(23)22-16-8-7-15(21)10-13(16)3/h6-11H,4-5,12H2,1-3H3,(H,22,23). The van der Waals surface area contributed by atoms with Crippen molar-refractivity contribution < 1.29 is 23.8 Å². The van der Waals surface area contributed by atoms with Crippen LogP contribution >= 0.6 is 11.6 Å². The lowest BCUT2D eigenvalue weighted by molar-refractivity contribution is -0.119. The number of anilines is 1. The maximum atomic E-state index is 12.2. The number of hydrogen-bond acceptors (Lipinski definition) is 5. The molecule has 0 radical (unpaired) electrons. The topological polar surface area (TPSA) is 73.9 Å². The lowest BCUT2D eigenvalue weighted by Gasteiger charge is -2.12. The van der Waals surface area contributed by atoms with Crippen LogP contribution in [0.5, 0.6) is 11.5 Å². The third kappa shape index (κ3) is 5.89. The van der Waals surface area contributed by atoms with E-state index in [2.05, 4.69) is 5.32 Å². The van der Waals surface area contributed by atoms with E-state index in [4.69, 9.17) is 25.8 Å². The molecule has 7 heteroatoms. The maximum Gasteiger partial charge on any atom is 0.338 e. The Morgan fingerprint density at radius 2 is 1.70 bits per heavy atom. The van der Waals surface area contributed by atoms with Gasteiger partial charge in [0.2, 0.25) is 0 Å². The molecule has 0 spiro atoms. The summed E-state index contributed by atoms with van der Waals surface area (Å²) >= 11 is 5.89. The number of hydrogen-bond donors (Lipinski definition) is 1. The van der Waals surface area contributed by atoms with E-state index in [1.807, 2.05) is 20.8 Å². The summed E-state index contributed by atoms with van der Waals surface area (Å²) in [5.41, 5.74) is 1.70. The van der Waals surface area contributed by atoms with E-state index in [9.17, 15) is 9.59 Å². The molecule has 2 aromatic carbocycles. The fraction of sp³-hybridized carbons (Fsp3) is 0.300. The van der Waals surface area contributed by atoms with Crippen LogP contribution < -0.4 is 14.8 Å². The molecule has 0 heterocycles. The normalized spacial score (nSPS) is 10.2. The Kier molecular flexibility index (Phi) is 7.49. The summed E-state index contributed by atoms with van der Waals surface area (Å²) in [7, 11) is 0. The molecule has 0 saturated heterocycles. The number of aryl methyl sites for hydroxylation is 1. The number of esters is 1. The first-order chi connectivity index (χ1) is 12.9. The molecule has 0 unspecified atom stereocenters. The first-order valence-corrected chi connectivity index (χ1v) is 8.95. The van der Waals surface area contributed by atoms with Crippen LogP contribution in [0.2, 0.25) is 5.02 Å². The Balaban J connectivity index is 1.98. The molecule has 0 aliphatic rings. The zero-order chi connectivity index (χ0) is 19.8. The van der Waals surface area contributed by atoms with Crippen molar-refractivity contribution in [3.05, 3.63) is 52.5 Å². The third-order valence-corrected chi connectivity index (χ3v) is 3.81. The van der Waals surface area contributed by atoms with Crippen molar-refractivity contribution in [2.24, 2.45) is 0 Å². The van der Waals surface area contributed by atoms with Gasteiger partial charge in [0.15, 0.2) is 18.1 Å². The van der Waals surface area contributed by atoms with Gasteiger partial charge in [-0.3, -0.25) is 4.79 Å². The van der Waals surface area contributed by atoms with E-state index in [0.29, 0.717) is 35.4 Å². The van der Waals surface area contributed by atoms with Crippen molar-refractivity contribution in [2.45, 2.75) is 20.8 Å². The predicted molar refractivity (Wildman–Crippen MR) is 104 cm³/mol. The molecule has 0 aliphatic heterocycles. The lowest BCUT2D eigenvalue weighted by Crippen LogP contribution is -2.21. The van der Waals surface area contributed by atoms with Gasteiger partial charge in [-0.05, 0) is 62.7 Å². The largest absolute Gasteiger partial charge is 0.490 e. The zero-order valence-electron chi connectivity index (χ0n) is 15.5. The Hall–Kier alpha value is -2.73. The highest BCUT2D eigenvalue weighted by molar-refractivity contribution is 6.30. The minimum Gasteiger partial charge on any atom is -0.490 e. The Morgan fingerprint density at radius 3 is 2.37 bits per heavy atom. The van der Waals surface area contributed by atoms with E-state index < -0.39 is 18.5 Å². The molecular formula is C20H22ClNO5. The number of halogens is 1. The van der Waals surface area contributed by atoms with E-state index in [1.54, 1.807) is 30.3 Å². The molecule has 0 fully saturated rings. The minimum absolute atomic E-state index is 0.275. The highest BCUT2D eigenvalue weighted by Crippen LogP contribution is 2.28. The van der Waals surface area contributed by atoms with Gasteiger partial charge in [0, 0.05) is 10.7 Å². The number of nitrogens with one attached hydrogen (secondary N) is 1. The summed E-state index contributed by atoms with van der Waals surface area (Å²) in [6, 6.07) is 9.85. The van der Waals surface area contributed by atoms with Gasteiger partial charge >= 0.3 is 5.97 Å². The van der Waals surface area contributed by atoms with Crippen LogP contribution in [-0.4, -0.2) is 31.7 Å². The number of carbonyl (C=O) groups is 2. The summed E-state index contributed by atoms with van der Waals surface area (Å²) in [6.45, 7) is 6.03. The van der Waals surface area contributed by atoms with Gasteiger partial charge in [0.05, 0.1) is 18.8 Å². The molecule has 0 aliphatic carbocycles. The van der Waals surface area contributed by atoms with E-state index >= 15 is 0 Å². The summed E-state index contributed by atoms with van der Waals surface area (Å²) in [6.07, 6.45) is 0. The minimum atomic E-state index is -0.623. The van der Waals surface area contributed by atoms with Crippen molar-refractivity contribution in [1.29, 1.82) is 0 Å². The van der Waals surface area contributed by atoms with Crippen LogP contribution in [0, 0.1) is 6.92 Å². The fourth-order valence-corrected chi connectivity index (χ4v) is 2.57. The second-order valence-corrected chi connectivity index (χ2v) is 6.05. The highest BCUT2D eigenvalue weighted by Gasteiger charge is 2.14. The van der Waals surface area contributed by atoms with Crippen molar-refractivity contribution >= 4 is 29.2 Å². The molecule has 6 nitrogen and oxygen atoms in total. The monoisotopic (exact) mass is 391 g/mol. The fourth-order valence-electron chi connectivity index (χ4n) is 2.35. The molecule has 2 rings (SSSR count). The second-order valence-electron chi connectivity index (χ2n) is 5.61. The smallest absolute Gasteiger partial charge is 0.338 e. The SMILES string of the molecule is CCOc1ccc(C(=O)OCC(=O)Nc2ccc(Cl)cc2C)cc1OCC. The molecule has 1 N–H and O–H groups in total. The molecule has 2 aromatic rings. The number of amides is 1. The molecule has 0 bridgehead atoms. The lowest BCUT2D eigenvalue weighted by atomic mass is 10.2. The van der Waals surface area contributed by atoms with Crippen LogP contribution in [-0.2, 0) is 9.53 Å². The van der Waals surface area contributed by atoms with Gasteiger partial charge < -0.3 is 19.5 Å². The molecule has 1 amide bonds. The van der Waals surface area contributed by atoms with Crippen molar-refractivity contribution in [3.63, 3.8) is 0 Å². The van der Waals surface area contributed by atoms with Crippen LogP contribution in [0.25, 0.3) is 0 Å². The summed E-state index contributed by atoms with van der Waals surface area (Å²) < 4.78 is 16.0.